The summed E-state index contributed by atoms with van der Waals surface area (Å²) in [6.45, 7) is 0. The van der Waals surface area contributed by atoms with Gasteiger partial charge in [0.2, 0.25) is 0 Å². The van der Waals surface area contributed by atoms with Crippen molar-refractivity contribution in [3.8, 4) is 5.75 Å². The van der Waals surface area contributed by atoms with Crippen molar-refractivity contribution in [3.05, 3.63) is 65.7 Å². The number of hydrogen-bond donors (Lipinski definition) is 0. The topological polar surface area (TPSA) is 43.4 Å². The largest absolute Gasteiger partial charge is 0.497 e. The van der Waals surface area contributed by atoms with Crippen LogP contribution in [-0.2, 0) is 4.79 Å². The minimum atomic E-state index is -0.0635. The summed E-state index contributed by atoms with van der Waals surface area (Å²) in [5, 5.41) is 0. The van der Waals surface area contributed by atoms with E-state index in [1.165, 1.54) is 0 Å². The second-order valence-electron chi connectivity index (χ2n) is 6.69. The third kappa shape index (κ3) is 4.16. The van der Waals surface area contributed by atoms with Crippen LogP contribution in [0.2, 0.25) is 0 Å². The number of Topliss-reactive ketones (excluding diaryl/α,β-unsaturated/α-hetero) is 2. The molecule has 1 saturated carbocycles. The van der Waals surface area contributed by atoms with Crippen molar-refractivity contribution >= 4 is 11.6 Å². The molecule has 0 bridgehead atoms. The Labute approximate surface area is 149 Å². The summed E-state index contributed by atoms with van der Waals surface area (Å²) in [7, 11) is 1.63. The lowest BCUT2D eigenvalue weighted by molar-refractivity contribution is -0.125. The molecule has 0 N–H and O–H groups in total. The van der Waals surface area contributed by atoms with Crippen molar-refractivity contribution < 1.29 is 14.3 Å². The summed E-state index contributed by atoms with van der Waals surface area (Å²) < 4.78 is 5.23. The van der Waals surface area contributed by atoms with E-state index in [1.54, 1.807) is 7.11 Å². The van der Waals surface area contributed by atoms with Crippen LogP contribution in [0.1, 0.15) is 53.9 Å². The average molecular weight is 336 g/mol. The van der Waals surface area contributed by atoms with Gasteiger partial charge in [-0.2, -0.15) is 0 Å². The molecule has 0 heterocycles. The summed E-state index contributed by atoms with van der Waals surface area (Å²) in [5.74, 6) is 1.06. The fourth-order valence-corrected chi connectivity index (χ4v) is 3.72. The van der Waals surface area contributed by atoms with Crippen molar-refractivity contribution in [1.82, 2.24) is 0 Å². The van der Waals surface area contributed by atoms with E-state index >= 15 is 0 Å². The van der Waals surface area contributed by atoms with Crippen LogP contribution >= 0.6 is 0 Å². The number of carbonyl (C=O) groups excluding carboxylic acids is 2. The molecule has 0 unspecified atom stereocenters. The molecule has 2 aromatic rings. The van der Waals surface area contributed by atoms with Gasteiger partial charge in [0.25, 0.3) is 0 Å². The Balaban J connectivity index is 1.87. The highest BCUT2D eigenvalue weighted by molar-refractivity contribution is 5.97. The van der Waals surface area contributed by atoms with Gasteiger partial charge >= 0.3 is 0 Å². The third-order valence-corrected chi connectivity index (χ3v) is 5.13. The van der Waals surface area contributed by atoms with Crippen LogP contribution in [0, 0.1) is 5.92 Å². The summed E-state index contributed by atoms with van der Waals surface area (Å²) in [6.07, 6.45) is 3.90. The molecular formula is C22H24O3. The van der Waals surface area contributed by atoms with Gasteiger partial charge in [-0.15, -0.1) is 0 Å². The molecule has 130 valence electrons. The van der Waals surface area contributed by atoms with E-state index in [0.29, 0.717) is 24.2 Å². The van der Waals surface area contributed by atoms with Gasteiger partial charge in [0, 0.05) is 30.2 Å². The van der Waals surface area contributed by atoms with E-state index in [-0.39, 0.29) is 17.6 Å². The van der Waals surface area contributed by atoms with Crippen molar-refractivity contribution in [2.24, 2.45) is 5.92 Å². The van der Waals surface area contributed by atoms with Gasteiger partial charge < -0.3 is 4.74 Å². The molecule has 0 aliphatic heterocycles. The highest BCUT2D eigenvalue weighted by Crippen LogP contribution is 2.37. The van der Waals surface area contributed by atoms with Crippen LogP contribution < -0.4 is 4.74 Å². The number of rotatable bonds is 6. The van der Waals surface area contributed by atoms with E-state index in [4.69, 9.17) is 4.74 Å². The lowest BCUT2D eigenvalue weighted by Crippen LogP contribution is -2.27. The molecule has 1 fully saturated rings. The lowest BCUT2D eigenvalue weighted by Gasteiger charge is -2.29. The molecule has 2 aromatic carbocycles. The maximum absolute atomic E-state index is 12.8. The minimum absolute atomic E-state index is 0.0604. The molecule has 3 nitrogen and oxygen atoms in total. The number of ketones is 2. The van der Waals surface area contributed by atoms with E-state index in [9.17, 15) is 9.59 Å². The first-order valence-corrected chi connectivity index (χ1v) is 8.94. The first-order chi connectivity index (χ1) is 12.2. The van der Waals surface area contributed by atoms with Gasteiger partial charge in [-0.05, 0) is 30.5 Å². The van der Waals surface area contributed by atoms with Gasteiger partial charge in [0.05, 0.1) is 7.11 Å². The van der Waals surface area contributed by atoms with E-state index in [0.717, 1.165) is 30.6 Å². The Hall–Kier alpha value is -2.42. The predicted octanol–water partition coefficient (Wildman–Crippen LogP) is 4.81. The summed E-state index contributed by atoms with van der Waals surface area (Å²) >= 11 is 0. The summed E-state index contributed by atoms with van der Waals surface area (Å²) in [5.41, 5.74) is 1.76. The quantitative estimate of drug-likeness (QED) is 0.711. The van der Waals surface area contributed by atoms with E-state index in [2.05, 4.69) is 0 Å². The van der Waals surface area contributed by atoms with Crippen LogP contribution in [0.3, 0.4) is 0 Å². The zero-order valence-corrected chi connectivity index (χ0v) is 14.6. The van der Waals surface area contributed by atoms with Gasteiger partial charge in [0.1, 0.15) is 11.5 Å². The maximum Gasteiger partial charge on any atom is 0.163 e. The number of benzene rings is 2. The first-order valence-electron chi connectivity index (χ1n) is 8.94. The number of hydrogen-bond acceptors (Lipinski definition) is 3. The second kappa shape index (κ2) is 8.11. The van der Waals surface area contributed by atoms with Crippen LogP contribution in [0.4, 0.5) is 0 Å². The Morgan fingerprint density at radius 3 is 2.44 bits per heavy atom. The smallest absolute Gasteiger partial charge is 0.163 e. The fourth-order valence-electron chi connectivity index (χ4n) is 3.72. The zero-order chi connectivity index (χ0) is 17.6. The predicted molar refractivity (Wildman–Crippen MR) is 98.1 cm³/mol. The molecule has 3 heteroatoms. The Morgan fingerprint density at radius 2 is 1.80 bits per heavy atom. The molecule has 3 rings (SSSR count). The van der Waals surface area contributed by atoms with Crippen LogP contribution in [0.25, 0.3) is 0 Å². The van der Waals surface area contributed by atoms with Crippen molar-refractivity contribution in [3.63, 3.8) is 0 Å². The van der Waals surface area contributed by atoms with Gasteiger partial charge in [-0.25, -0.2) is 0 Å². The number of carbonyl (C=O) groups is 2. The van der Waals surface area contributed by atoms with Crippen molar-refractivity contribution in [2.75, 3.05) is 7.11 Å². The van der Waals surface area contributed by atoms with Gasteiger partial charge in [-0.3, -0.25) is 9.59 Å². The average Bonchev–Trinajstić information content (AvgIpc) is 2.67. The monoisotopic (exact) mass is 336 g/mol. The molecule has 0 radical (unpaired) electrons. The lowest BCUT2D eigenvalue weighted by atomic mass is 9.73. The second-order valence-corrected chi connectivity index (χ2v) is 6.69. The van der Waals surface area contributed by atoms with Gasteiger partial charge in [0.15, 0.2) is 5.78 Å². The van der Waals surface area contributed by atoms with Crippen LogP contribution in [-0.4, -0.2) is 18.7 Å². The third-order valence-electron chi connectivity index (χ3n) is 5.13. The molecule has 0 spiro atoms. The van der Waals surface area contributed by atoms with E-state index in [1.807, 2.05) is 54.6 Å². The molecular weight excluding hydrogens is 312 g/mol. The molecule has 0 amide bonds. The normalized spacial score (nSPS) is 18.6. The Morgan fingerprint density at radius 1 is 1.08 bits per heavy atom. The van der Waals surface area contributed by atoms with Crippen LogP contribution in [0.5, 0.6) is 5.75 Å². The number of ether oxygens (including phenoxy) is 1. The first kappa shape index (κ1) is 17.4. The van der Waals surface area contributed by atoms with Gasteiger partial charge in [-0.1, -0.05) is 48.9 Å². The fraction of sp³-hybridized carbons (Fsp3) is 0.364. The van der Waals surface area contributed by atoms with Crippen LogP contribution in [0.15, 0.2) is 54.6 Å². The molecule has 0 saturated heterocycles. The highest BCUT2D eigenvalue weighted by Gasteiger charge is 2.32. The molecule has 0 aromatic heterocycles. The Kier molecular flexibility index (Phi) is 5.64. The summed E-state index contributed by atoms with van der Waals surface area (Å²) in [6, 6.07) is 17.1. The molecule has 25 heavy (non-hydrogen) atoms. The SMILES string of the molecule is COc1ccc([C@@H](CC(=O)c2ccccc2)[C@H]2CCCCC2=O)cc1. The minimum Gasteiger partial charge on any atom is -0.497 e. The highest BCUT2D eigenvalue weighted by atomic mass is 16.5. The number of methoxy groups -OCH3 is 1. The zero-order valence-electron chi connectivity index (χ0n) is 14.6. The molecule has 1 aliphatic carbocycles. The van der Waals surface area contributed by atoms with E-state index < -0.39 is 0 Å². The standard InChI is InChI=1S/C22H24O3/c1-25-18-13-11-16(12-14-18)20(19-9-5-6-10-21(19)23)15-22(24)17-7-3-2-4-8-17/h2-4,7-8,11-14,19-20H,5-6,9-10,15H2,1H3/t19-,20-/m1/s1. The molecule has 2 atom stereocenters. The maximum atomic E-state index is 12.8. The Bertz CT molecular complexity index is 719. The summed E-state index contributed by atoms with van der Waals surface area (Å²) in [4.78, 5) is 25.3. The molecule has 1 aliphatic rings. The van der Waals surface area contributed by atoms with Crippen molar-refractivity contribution in [2.45, 2.75) is 38.0 Å². The van der Waals surface area contributed by atoms with Crippen molar-refractivity contribution in [1.29, 1.82) is 0 Å².